The van der Waals surface area contributed by atoms with Gasteiger partial charge in [-0.25, -0.2) is 4.79 Å². The van der Waals surface area contributed by atoms with Crippen LogP contribution in [0.2, 0.25) is 0 Å². The fourth-order valence-corrected chi connectivity index (χ4v) is 3.32. The van der Waals surface area contributed by atoms with Crippen LogP contribution in [0.4, 0.5) is 10.5 Å². The summed E-state index contributed by atoms with van der Waals surface area (Å²) >= 11 is 0. The van der Waals surface area contributed by atoms with Crippen molar-refractivity contribution in [2.24, 2.45) is 0 Å². The fraction of sp³-hybridized carbons (Fsp3) is 0.182. The summed E-state index contributed by atoms with van der Waals surface area (Å²) in [6, 6.07) is 18.7. The maximum Gasteiger partial charge on any atom is 0.319 e. The van der Waals surface area contributed by atoms with Gasteiger partial charge < -0.3 is 20.0 Å². The molecule has 4 rings (SSSR count). The van der Waals surface area contributed by atoms with Crippen LogP contribution in [0.3, 0.4) is 0 Å². The molecule has 0 saturated heterocycles. The van der Waals surface area contributed by atoms with Gasteiger partial charge in [-0.1, -0.05) is 36.4 Å². The molecule has 2 heterocycles. The fourth-order valence-electron chi connectivity index (χ4n) is 3.32. The van der Waals surface area contributed by atoms with Crippen molar-refractivity contribution in [1.82, 2.24) is 10.2 Å². The predicted octanol–water partition coefficient (Wildman–Crippen LogP) is 3.80. The molecule has 0 atom stereocenters. The SMILES string of the molecule is O=C(NCc1ccccc1)Nc1ccc2c(c1)CN(C(=O)c1ccco1)CC2. The van der Waals surface area contributed by atoms with Gasteiger partial charge in [-0.3, -0.25) is 4.79 Å². The van der Waals surface area contributed by atoms with E-state index in [0.29, 0.717) is 31.1 Å². The normalized spacial score (nSPS) is 12.9. The van der Waals surface area contributed by atoms with E-state index in [2.05, 4.69) is 10.6 Å². The van der Waals surface area contributed by atoms with Gasteiger partial charge in [0.25, 0.3) is 5.91 Å². The molecular weight excluding hydrogens is 354 g/mol. The first-order valence-corrected chi connectivity index (χ1v) is 9.22. The number of anilines is 1. The van der Waals surface area contributed by atoms with Gasteiger partial charge in [-0.15, -0.1) is 0 Å². The van der Waals surface area contributed by atoms with Crippen molar-refractivity contribution in [3.63, 3.8) is 0 Å². The second kappa shape index (κ2) is 8.00. The molecule has 6 heteroatoms. The van der Waals surface area contributed by atoms with E-state index >= 15 is 0 Å². The van der Waals surface area contributed by atoms with Crippen LogP contribution < -0.4 is 10.6 Å². The van der Waals surface area contributed by atoms with E-state index in [0.717, 1.165) is 17.5 Å². The summed E-state index contributed by atoms with van der Waals surface area (Å²) < 4.78 is 5.22. The average Bonchev–Trinajstić information content (AvgIpc) is 3.27. The van der Waals surface area contributed by atoms with Crippen LogP contribution in [0.25, 0.3) is 0 Å². The van der Waals surface area contributed by atoms with Crippen molar-refractivity contribution < 1.29 is 14.0 Å². The first-order valence-electron chi connectivity index (χ1n) is 9.22. The van der Waals surface area contributed by atoms with E-state index in [1.54, 1.807) is 17.0 Å². The highest BCUT2D eigenvalue weighted by Crippen LogP contribution is 2.24. The topological polar surface area (TPSA) is 74.6 Å². The summed E-state index contributed by atoms with van der Waals surface area (Å²) in [6.07, 6.45) is 2.28. The molecule has 3 aromatic rings. The quantitative estimate of drug-likeness (QED) is 0.728. The van der Waals surface area contributed by atoms with Crippen molar-refractivity contribution >= 4 is 17.6 Å². The number of nitrogens with one attached hydrogen (secondary N) is 2. The van der Waals surface area contributed by atoms with Gasteiger partial charge in [0.05, 0.1) is 6.26 Å². The van der Waals surface area contributed by atoms with E-state index in [1.807, 2.05) is 48.5 Å². The maximum atomic E-state index is 12.5. The number of furan rings is 1. The molecule has 0 unspecified atom stereocenters. The molecule has 28 heavy (non-hydrogen) atoms. The summed E-state index contributed by atoms with van der Waals surface area (Å²) in [6.45, 7) is 1.61. The largest absolute Gasteiger partial charge is 0.459 e. The smallest absolute Gasteiger partial charge is 0.319 e. The second-order valence-corrected chi connectivity index (χ2v) is 6.73. The number of hydrogen-bond donors (Lipinski definition) is 2. The van der Waals surface area contributed by atoms with Crippen LogP contribution in [-0.2, 0) is 19.5 Å². The number of hydrogen-bond acceptors (Lipinski definition) is 3. The Kier molecular flexibility index (Phi) is 5.10. The van der Waals surface area contributed by atoms with E-state index in [-0.39, 0.29) is 11.9 Å². The standard InChI is InChI=1S/C22H21N3O3/c26-21(20-7-4-12-28-20)25-11-10-17-8-9-19(13-18(17)15-25)24-22(27)23-14-16-5-2-1-3-6-16/h1-9,12-13H,10-11,14-15H2,(H2,23,24,27). The highest BCUT2D eigenvalue weighted by atomic mass is 16.3. The van der Waals surface area contributed by atoms with Crippen LogP contribution in [0.5, 0.6) is 0 Å². The molecule has 0 fully saturated rings. The lowest BCUT2D eigenvalue weighted by Gasteiger charge is -2.28. The molecule has 2 aromatic carbocycles. The van der Waals surface area contributed by atoms with Gasteiger partial charge in [0.2, 0.25) is 0 Å². The Labute approximate surface area is 163 Å². The number of amides is 3. The number of carbonyl (C=O) groups is 2. The molecule has 0 saturated carbocycles. The van der Waals surface area contributed by atoms with E-state index in [1.165, 1.54) is 11.8 Å². The zero-order valence-electron chi connectivity index (χ0n) is 15.4. The summed E-state index contributed by atoms with van der Waals surface area (Å²) in [4.78, 5) is 26.5. The minimum absolute atomic E-state index is 0.116. The van der Waals surface area contributed by atoms with Gasteiger partial charge in [0.1, 0.15) is 0 Å². The summed E-state index contributed by atoms with van der Waals surface area (Å²) in [5, 5.41) is 5.71. The summed E-state index contributed by atoms with van der Waals surface area (Å²) in [7, 11) is 0. The van der Waals surface area contributed by atoms with Crippen molar-refractivity contribution in [1.29, 1.82) is 0 Å². The first-order chi connectivity index (χ1) is 13.7. The first kappa shape index (κ1) is 17.9. The zero-order valence-corrected chi connectivity index (χ0v) is 15.4. The number of carbonyl (C=O) groups excluding carboxylic acids is 2. The molecule has 6 nitrogen and oxygen atoms in total. The Morgan fingerprint density at radius 3 is 2.64 bits per heavy atom. The third-order valence-corrected chi connectivity index (χ3v) is 4.79. The number of nitrogens with zero attached hydrogens (tertiary/aromatic N) is 1. The van der Waals surface area contributed by atoms with Crippen LogP contribution in [0, 0.1) is 0 Å². The molecule has 0 spiro atoms. The Morgan fingerprint density at radius 1 is 1.00 bits per heavy atom. The van der Waals surface area contributed by atoms with E-state index in [9.17, 15) is 9.59 Å². The molecule has 0 radical (unpaired) electrons. The van der Waals surface area contributed by atoms with Gasteiger partial charge in [0.15, 0.2) is 5.76 Å². The van der Waals surface area contributed by atoms with Crippen molar-refractivity contribution in [3.8, 4) is 0 Å². The van der Waals surface area contributed by atoms with E-state index in [4.69, 9.17) is 4.42 Å². The zero-order chi connectivity index (χ0) is 19.3. The van der Waals surface area contributed by atoms with E-state index < -0.39 is 0 Å². The third kappa shape index (κ3) is 4.06. The number of urea groups is 1. The molecule has 2 N–H and O–H groups in total. The summed E-state index contributed by atoms with van der Waals surface area (Å²) in [5.41, 5.74) is 3.97. The lowest BCUT2D eigenvalue weighted by atomic mass is 9.99. The maximum absolute atomic E-state index is 12.5. The van der Waals surface area contributed by atoms with Crippen molar-refractivity contribution in [2.75, 3.05) is 11.9 Å². The van der Waals surface area contributed by atoms with Crippen molar-refractivity contribution in [2.45, 2.75) is 19.5 Å². The Morgan fingerprint density at radius 2 is 1.86 bits per heavy atom. The number of fused-ring (bicyclic) bond motifs is 1. The van der Waals surface area contributed by atoms with Crippen molar-refractivity contribution in [3.05, 3.63) is 89.4 Å². The molecule has 0 bridgehead atoms. The summed E-state index contributed by atoms with van der Waals surface area (Å²) in [5.74, 6) is 0.229. The van der Waals surface area contributed by atoms with Crippen LogP contribution in [-0.4, -0.2) is 23.4 Å². The molecule has 1 aliphatic heterocycles. The van der Waals surface area contributed by atoms with Gasteiger partial charge in [-0.2, -0.15) is 0 Å². The van der Waals surface area contributed by atoms with Crippen LogP contribution in [0.15, 0.2) is 71.3 Å². The Balaban J connectivity index is 1.39. The van der Waals surface area contributed by atoms with Crippen LogP contribution in [0.1, 0.15) is 27.2 Å². The molecule has 142 valence electrons. The highest BCUT2D eigenvalue weighted by Gasteiger charge is 2.23. The van der Waals surface area contributed by atoms with Gasteiger partial charge >= 0.3 is 6.03 Å². The third-order valence-electron chi connectivity index (χ3n) is 4.79. The van der Waals surface area contributed by atoms with Gasteiger partial charge in [-0.05, 0) is 47.4 Å². The Bertz CT molecular complexity index is 968. The van der Waals surface area contributed by atoms with Crippen LogP contribution >= 0.6 is 0 Å². The Hall–Kier alpha value is -3.54. The lowest BCUT2D eigenvalue weighted by Crippen LogP contribution is -2.36. The number of rotatable bonds is 4. The molecule has 1 aliphatic rings. The molecule has 1 aromatic heterocycles. The van der Waals surface area contributed by atoms with Gasteiger partial charge in [0, 0.05) is 25.3 Å². The predicted molar refractivity (Wildman–Crippen MR) is 106 cm³/mol. The highest BCUT2D eigenvalue weighted by molar-refractivity contribution is 5.92. The average molecular weight is 375 g/mol. The molecule has 3 amide bonds. The minimum atomic E-state index is -0.261. The molecule has 0 aliphatic carbocycles. The lowest BCUT2D eigenvalue weighted by molar-refractivity contribution is 0.0702. The molecular formula is C22H21N3O3. The second-order valence-electron chi connectivity index (χ2n) is 6.73. The monoisotopic (exact) mass is 375 g/mol. The minimum Gasteiger partial charge on any atom is -0.459 e. The number of benzene rings is 2.